The molecule has 1 aliphatic rings. The lowest BCUT2D eigenvalue weighted by Gasteiger charge is -2.11. The Balaban J connectivity index is 1.53. The summed E-state index contributed by atoms with van der Waals surface area (Å²) in [7, 11) is 0. The molecule has 1 N–H and O–H groups in total. The van der Waals surface area contributed by atoms with Gasteiger partial charge in [-0.1, -0.05) is 30.4 Å². The van der Waals surface area contributed by atoms with Crippen molar-refractivity contribution in [2.75, 3.05) is 5.43 Å². The molecular formula is C19H17N3O2S. The molecule has 6 heteroatoms. The van der Waals surface area contributed by atoms with E-state index in [9.17, 15) is 4.79 Å². The van der Waals surface area contributed by atoms with Crippen LogP contribution in [0.1, 0.15) is 19.3 Å². The molecule has 1 atom stereocenters. The average Bonchev–Trinajstić information content (AvgIpc) is 3.11. The van der Waals surface area contributed by atoms with E-state index >= 15 is 0 Å². The first-order valence-electron chi connectivity index (χ1n) is 8.22. The molecule has 3 aromatic rings. The molecule has 0 aliphatic heterocycles. The Morgan fingerprint density at radius 3 is 3.12 bits per heavy atom. The van der Waals surface area contributed by atoms with Crippen LogP contribution in [-0.4, -0.2) is 11.2 Å². The normalized spacial score (nSPS) is 17.4. The number of rotatable bonds is 4. The van der Waals surface area contributed by atoms with Crippen LogP contribution in [-0.2, 0) is 0 Å². The minimum atomic E-state index is -0.381. The largest absolute Gasteiger partial charge is 0.422 e. The van der Waals surface area contributed by atoms with Crippen molar-refractivity contribution < 1.29 is 4.42 Å². The quantitative estimate of drug-likeness (QED) is 0.321. The van der Waals surface area contributed by atoms with Gasteiger partial charge in [0.1, 0.15) is 5.58 Å². The van der Waals surface area contributed by atoms with Crippen molar-refractivity contribution in [3.8, 4) is 11.3 Å². The van der Waals surface area contributed by atoms with Gasteiger partial charge in [-0.2, -0.15) is 5.10 Å². The Kier molecular flexibility index (Phi) is 4.43. The second-order valence-corrected chi connectivity index (χ2v) is 6.82. The summed E-state index contributed by atoms with van der Waals surface area (Å²) >= 11 is 1.41. The first-order chi connectivity index (χ1) is 12.3. The van der Waals surface area contributed by atoms with Crippen LogP contribution in [0.25, 0.3) is 22.2 Å². The first kappa shape index (κ1) is 15.8. The lowest BCUT2D eigenvalue weighted by atomic mass is 9.96. The van der Waals surface area contributed by atoms with Crippen molar-refractivity contribution in [3.05, 3.63) is 58.3 Å². The smallest absolute Gasteiger partial charge is 0.345 e. The summed E-state index contributed by atoms with van der Waals surface area (Å²) in [6.45, 7) is 0. The van der Waals surface area contributed by atoms with Gasteiger partial charge in [-0.15, -0.1) is 11.3 Å². The van der Waals surface area contributed by atoms with Crippen LogP contribution in [0.2, 0.25) is 0 Å². The fourth-order valence-electron chi connectivity index (χ4n) is 2.84. The summed E-state index contributed by atoms with van der Waals surface area (Å²) in [5, 5.41) is 7.65. The molecule has 4 rings (SSSR count). The summed E-state index contributed by atoms with van der Waals surface area (Å²) in [5.41, 5.74) is 4.22. The third-order valence-electron chi connectivity index (χ3n) is 4.18. The van der Waals surface area contributed by atoms with Crippen molar-refractivity contribution in [1.82, 2.24) is 4.98 Å². The minimum Gasteiger partial charge on any atom is -0.422 e. The Hall–Kier alpha value is -2.73. The van der Waals surface area contributed by atoms with Gasteiger partial charge in [0.25, 0.3) is 0 Å². The topological polar surface area (TPSA) is 67.5 Å². The molecule has 126 valence electrons. The molecule has 0 radical (unpaired) electrons. The molecule has 1 aromatic carbocycles. The number of nitrogens with one attached hydrogen (secondary N) is 1. The van der Waals surface area contributed by atoms with E-state index in [-0.39, 0.29) is 5.63 Å². The van der Waals surface area contributed by atoms with Crippen LogP contribution in [0.4, 0.5) is 5.13 Å². The van der Waals surface area contributed by atoms with Gasteiger partial charge in [-0.05, 0) is 37.3 Å². The number of aromatic nitrogens is 1. The van der Waals surface area contributed by atoms with Gasteiger partial charge in [0, 0.05) is 17.0 Å². The van der Waals surface area contributed by atoms with E-state index < -0.39 is 0 Å². The number of anilines is 1. The molecule has 0 saturated carbocycles. The zero-order valence-electron chi connectivity index (χ0n) is 13.5. The van der Waals surface area contributed by atoms with Crippen LogP contribution in [0.5, 0.6) is 0 Å². The lowest BCUT2D eigenvalue weighted by molar-refractivity contribution is 0.563. The highest BCUT2D eigenvalue weighted by Gasteiger charge is 2.11. The summed E-state index contributed by atoms with van der Waals surface area (Å²) in [6, 6.07) is 9.27. The van der Waals surface area contributed by atoms with Gasteiger partial charge < -0.3 is 4.42 Å². The second kappa shape index (κ2) is 7.03. The SMILES string of the molecule is O=c1oc2ccccc2cc1-c1csc(NN=CC2CC=CCC2)n1. The van der Waals surface area contributed by atoms with E-state index in [0.29, 0.717) is 27.9 Å². The fraction of sp³-hybridized carbons (Fsp3) is 0.211. The van der Waals surface area contributed by atoms with Gasteiger partial charge in [0.15, 0.2) is 0 Å². The predicted octanol–water partition coefficient (Wildman–Crippen LogP) is 4.67. The van der Waals surface area contributed by atoms with Crippen LogP contribution in [0, 0.1) is 5.92 Å². The fourth-order valence-corrected chi connectivity index (χ4v) is 3.50. The van der Waals surface area contributed by atoms with Crippen LogP contribution < -0.4 is 11.1 Å². The standard InChI is InChI=1S/C19H17N3O2S/c23-18-15(10-14-8-4-5-9-17(14)24-18)16-12-25-19(21-16)22-20-11-13-6-2-1-3-7-13/h1-2,4-5,8-13H,3,6-7H2,(H,21,22). The van der Waals surface area contributed by atoms with Gasteiger partial charge >= 0.3 is 5.63 Å². The molecule has 5 nitrogen and oxygen atoms in total. The number of benzene rings is 1. The minimum absolute atomic E-state index is 0.381. The maximum Gasteiger partial charge on any atom is 0.345 e. The Bertz CT molecular complexity index is 1000. The molecular weight excluding hydrogens is 334 g/mol. The van der Waals surface area contributed by atoms with Crippen molar-refractivity contribution in [2.45, 2.75) is 19.3 Å². The molecule has 2 heterocycles. The van der Waals surface area contributed by atoms with E-state index in [0.717, 1.165) is 24.6 Å². The highest BCUT2D eigenvalue weighted by molar-refractivity contribution is 7.14. The van der Waals surface area contributed by atoms with E-state index in [1.165, 1.54) is 11.3 Å². The third kappa shape index (κ3) is 3.53. The van der Waals surface area contributed by atoms with E-state index in [4.69, 9.17) is 4.42 Å². The van der Waals surface area contributed by atoms with Crippen LogP contribution in [0.15, 0.2) is 62.2 Å². The number of thiazole rings is 1. The van der Waals surface area contributed by atoms with Crippen molar-refractivity contribution in [3.63, 3.8) is 0 Å². The Morgan fingerprint density at radius 1 is 1.32 bits per heavy atom. The Morgan fingerprint density at radius 2 is 2.24 bits per heavy atom. The molecule has 0 fully saturated rings. The van der Waals surface area contributed by atoms with Gasteiger partial charge in [-0.3, -0.25) is 5.43 Å². The second-order valence-electron chi connectivity index (χ2n) is 5.96. The summed E-state index contributed by atoms with van der Waals surface area (Å²) in [6.07, 6.45) is 9.61. The number of hydrogen-bond acceptors (Lipinski definition) is 6. The van der Waals surface area contributed by atoms with Crippen LogP contribution in [0.3, 0.4) is 0 Å². The zero-order valence-corrected chi connectivity index (χ0v) is 14.3. The summed E-state index contributed by atoms with van der Waals surface area (Å²) < 4.78 is 5.37. The highest BCUT2D eigenvalue weighted by Crippen LogP contribution is 2.25. The molecule has 25 heavy (non-hydrogen) atoms. The number of para-hydroxylation sites is 1. The number of hydrogen-bond donors (Lipinski definition) is 1. The molecule has 1 aliphatic carbocycles. The van der Waals surface area contributed by atoms with Gasteiger partial charge in [0.2, 0.25) is 5.13 Å². The molecule has 0 saturated heterocycles. The van der Waals surface area contributed by atoms with E-state index in [1.54, 1.807) is 6.07 Å². The molecule has 0 spiro atoms. The van der Waals surface area contributed by atoms with E-state index in [1.807, 2.05) is 35.9 Å². The predicted molar refractivity (Wildman–Crippen MR) is 102 cm³/mol. The van der Waals surface area contributed by atoms with Crippen LogP contribution >= 0.6 is 11.3 Å². The first-order valence-corrected chi connectivity index (χ1v) is 9.10. The average molecular weight is 351 g/mol. The molecule has 0 amide bonds. The summed E-state index contributed by atoms with van der Waals surface area (Å²) in [5.74, 6) is 0.476. The number of allylic oxidation sites excluding steroid dienone is 2. The van der Waals surface area contributed by atoms with E-state index in [2.05, 4.69) is 27.7 Å². The van der Waals surface area contributed by atoms with Gasteiger partial charge in [0.05, 0.1) is 11.3 Å². The van der Waals surface area contributed by atoms with Crippen molar-refractivity contribution >= 4 is 33.7 Å². The molecule has 0 bridgehead atoms. The van der Waals surface area contributed by atoms with Crippen molar-refractivity contribution in [2.24, 2.45) is 11.0 Å². The maximum atomic E-state index is 12.2. The monoisotopic (exact) mass is 351 g/mol. The zero-order chi connectivity index (χ0) is 17.1. The van der Waals surface area contributed by atoms with Gasteiger partial charge in [-0.25, -0.2) is 9.78 Å². The maximum absolute atomic E-state index is 12.2. The molecule has 2 aromatic heterocycles. The lowest BCUT2D eigenvalue weighted by Crippen LogP contribution is -2.05. The molecule has 1 unspecified atom stereocenters. The highest BCUT2D eigenvalue weighted by atomic mass is 32.1. The van der Waals surface area contributed by atoms with Crippen molar-refractivity contribution in [1.29, 1.82) is 0 Å². The Labute approximate surface area is 148 Å². The summed E-state index contributed by atoms with van der Waals surface area (Å²) in [4.78, 5) is 16.7. The number of hydrazone groups is 1. The number of nitrogens with zero attached hydrogens (tertiary/aromatic N) is 2. The number of fused-ring (bicyclic) bond motifs is 1. The third-order valence-corrected chi connectivity index (χ3v) is 4.92.